The predicted molar refractivity (Wildman–Crippen MR) is 99.9 cm³/mol. The molecule has 0 bridgehead atoms. The lowest BCUT2D eigenvalue weighted by Gasteiger charge is -2.27. The van der Waals surface area contributed by atoms with Crippen LogP contribution in [0.25, 0.3) is 0 Å². The van der Waals surface area contributed by atoms with Gasteiger partial charge < -0.3 is 15.3 Å². The minimum Gasteiger partial charge on any atom is -0.479 e. The third-order valence-corrected chi connectivity index (χ3v) is 5.27. The molecule has 0 spiro atoms. The minimum absolute atomic E-state index is 0.571. The first-order valence-corrected chi connectivity index (χ1v) is 9.69. The summed E-state index contributed by atoms with van der Waals surface area (Å²) < 4.78 is 13.6. The molecular weight excluding hydrogens is 339 g/mol. The average molecular weight is 377 g/mol. The fourth-order valence-electron chi connectivity index (χ4n) is 3.15. The van der Waals surface area contributed by atoms with E-state index < -0.39 is 35.0 Å². The molecule has 154 valence electrons. The quantitative estimate of drug-likeness (QED) is 0.357. The maximum absolute atomic E-state index is 13.6. The van der Waals surface area contributed by atoms with Crippen LogP contribution < -0.4 is 0 Å². The van der Waals surface area contributed by atoms with Gasteiger partial charge in [0.2, 0.25) is 6.17 Å². The number of hydrogen-bond acceptors (Lipinski definition) is 3. The molecule has 3 N–H and O–H groups in total. The van der Waals surface area contributed by atoms with Gasteiger partial charge in [0.25, 0.3) is 0 Å². The number of unbranched alkanes of at least 4 members (excludes halogenated alkanes) is 7. The number of aliphatic hydroxyl groups is 1. The van der Waals surface area contributed by atoms with Gasteiger partial charge in [-0.1, -0.05) is 79.1 Å². The number of carbonyl (C=O) groups is 2. The predicted octanol–water partition coefficient (Wildman–Crippen LogP) is 4.81. The number of carboxylic acid groups (broad SMARTS) is 2. The number of hydrogen-bond donors (Lipinski definition) is 3. The molecule has 5 nitrogen and oxygen atoms in total. The summed E-state index contributed by atoms with van der Waals surface area (Å²) >= 11 is 0. The molecule has 2 atom stereocenters. The van der Waals surface area contributed by atoms with Gasteiger partial charge in [-0.3, -0.25) is 0 Å². The van der Waals surface area contributed by atoms with Crippen molar-refractivity contribution < 1.29 is 29.3 Å². The lowest BCUT2D eigenvalue weighted by atomic mass is 9.81. The van der Waals surface area contributed by atoms with Crippen LogP contribution in [0.1, 0.15) is 91.9 Å². The van der Waals surface area contributed by atoms with E-state index in [0.717, 1.165) is 51.4 Å². The molecule has 0 fully saturated rings. The Bertz CT molecular complexity index is 394. The monoisotopic (exact) mass is 376 g/mol. The highest BCUT2D eigenvalue weighted by molar-refractivity contribution is 5.73. The summed E-state index contributed by atoms with van der Waals surface area (Å²) in [5.41, 5.74) is -1.43. The first-order valence-electron chi connectivity index (χ1n) is 9.69. The fraction of sp³-hybridized carbons (Fsp3) is 0.900. The van der Waals surface area contributed by atoms with Gasteiger partial charge >= 0.3 is 11.9 Å². The molecule has 0 heterocycles. The highest BCUT2D eigenvalue weighted by Gasteiger charge is 2.34. The first kappa shape index (κ1) is 24.8. The van der Waals surface area contributed by atoms with Crippen LogP contribution in [0.4, 0.5) is 4.39 Å². The van der Waals surface area contributed by atoms with Crippen molar-refractivity contribution in [2.45, 2.75) is 104 Å². The molecule has 0 saturated carbocycles. The van der Waals surface area contributed by atoms with Crippen molar-refractivity contribution >= 4 is 11.9 Å². The molecule has 0 aliphatic heterocycles. The zero-order valence-corrected chi connectivity index (χ0v) is 16.8. The van der Waals surface area contributed by atoms with E-state index in [1.165, 1.54) is 0 Å². The Morgan fingerprint density at radius 3 is 1.42 bits per heavy atom. The number of carboxylic acids is 2. The fourth-order valence-corrected chi connectivity index (χ4v) is 3.15. The van der Waals surface area contributed by atoms with Gasteiger partial charge in [0.1, 0.15) is 0 Å². The number of aliphatic hydroxyl groups excluding tert-OH is 1. The van der Waals surface area contributed by atoms with Crippen LogP contribution in [0.2, 0.25) is 0 Å². The van der Waals surface area contributed by atoms with E-state index in [9.17, 15) is 19.1 Å². The summed E-state index contributed by atoms with van der Waals surface area (Å²) in [6.07, 6.45) is 6.19. The smallest absolute Gasteiger partial charge is 0.338 e. The van der Waals surface area contributed by atoms with E-state index in [-0.39, 0.29) is 0 Å². The van der Waals surface area contributed by atoms with Gasteiger partial charge in [-0.15, -0.1) is 0 Å². The van der Waals surface area contributed by atoms with Crippen LogP contribution in [-0.4, -0.2) is 39.5 Å². The third-order valence-electron chi connectivity index (χ3n) is 5.27. The maximum atomic E-state index is 13.6. The van der Waals surface area contributed by atoms with Gasteiger partial charge in [-0.25, -0.2) is 14.0 Å². The van der Waals surface area contributed by atoms with Crippen molar-refractivity contribution in [1.82, 2.24) is 0 Å². The third kappa shape index (κ3) is 9.51. The van der Waals surface area contributed by atoms with E-state index in [1.807, 2.05) is 0 Å². The molecule has 0 aliphatic rings. The van der Waals surface area contributed by atoms with Crippen LogP contribution in [-0.2, 0) is 9.59 Å². The summed E-state index contributed by atoms with van der Waals surface area (Å²) in [5, 5.41) is 27.3. The number of halogens is 1. The van der Waals surface area contributed by atoms with Gasteiger partial charge in [-0.2, -0.15) is 0 Å². The lowest BCUT2D eigenvalue weighted by Crippen LogP contribution is -2.36. The molecule has 0 radical (unpaired) electrons. The molecule has 0 saturated heterocycles. The van der Waals surface area contributed by atoms with Gasteiger partial charge in [-0.05, 0) is 12.8 Å². The molecule has 0 amide bonds. The van der Waals surface area contributed by atoms with Crippen LogP contribution in [0.5, 0.6) is 0 Å². The lowest BCUT2D eigenvalue weighted by molar-refractivity contribution is -0.153. The number of aliphatic carboxylic acids is 2. The van der Waals surface area contributed by atoms with Crippen molar-refractivity contribution in [3.05, 3.63) is 0 Å². The average Bonchev–Trinajstić information content (AvgIpc) is 2.54. The Kier molecular flexibility index (Phi) is 11.0. The molecule has 0 rings (SSSR count). The standard InChI is InChI=1S/C20H37FO5/c1-19(2,15(21)17(23)24)13-11-9-7-5-6-8-10-12-14-20(3,4)16(22)18(25)26/h15-16,22H,5-14H2,1-4H3,(H,23,24)(H,25,26)/t15-,16-/m1/s1. The Balaban J connectivity index is 3.69. The summed E-state index contributed by atoms with van der Waals surface area (Å²) in [5.74, 6) is -2.55. The second-order valence-electron chi connectivity index (χ2n) is 8.75. The van der Waals surface area contributed by atoms with Crippen molar-refractivity contribution in [2.24, 2.45) is 10.8 Å². The van der Waals surface area contributed by atoms with E-state index in [4.69, 9.17) is 10.2 Å². The van der Waals surface area contributed by atoms with Crippen molar-refractivity contribution in [1.29, 1.82) is 0 Å². The summed E-state index contributed by atoms with van der Waals surface area (Å²) in [4.78, 5) is 21.6. The summed E-state index contributed by atoms with van der Waals surface area (Å²) in [6.45, 7) is 6.88. The SMILES string of the molecule is CC(C)(CCCCCCCCCCC(C)(C)[C@H](F)C(=O)O)[C@H](O)C(=O)O. The Morgan fingerprint density at radius 2 is 1.08 bits per heavy atom. The van der Waals surface area contributed by atoms with E-state index in [0.29, 0.717) is 12.8 Å². The summed E-state index contributed by atoms with van der Waals surface area (Å²) in [7, 11) is 0. The number of alkyl halides is 1. The van der Waals surface area contributed by atoms with E-state index >= 15 is 0 Å². The maximum Gasteiger partial charge on any atom is 0.338 e. The van der Waals surface area contributed by atoms with Crippen LogP contribution >= 0.6 is 0 Å². The normalized spacial score (nSPS) is 14.8. The molecule has 6 heteroatoms. The Labute approximate surface area is 157 Å². The summed E-state index contributed by atoms with van der Waals surface area (Å²) in [6, 6.07) is 0. The van der Waals surface area contributed by atoms with Crippen molar-refractivity contribution in [2.75, 3.05) is 0 Å². The zero-order chi connectivity index (χ0) is 20.4. The van der Waals surface area contributed by atoms with Crippen LogP contribution in [0.3, 0.4) is 0 Å². The highest BCUT2D eigenvalue weighted by atomic mass is 19.1. The van der Waals surface area contributed by atoms with Crippen molar-refractivity contribution in [3.63, 3.8) is 0 Å². The molecule has 0 unspecified atom stereocenters. The second kappa shape index (κ2) is 11.5. The first-order chi connectivity index (χ1) is 11.9. The minimum atomic E-state index is -1.81. The van der Waals surface area contributed by atoms with Gasteiger partial charge in [0, 0.05) is 10.8 Å². The van der Waals surface area contributed by atoms with E-state index in [1.54, 1.807) is 27.7 Å². The van der Waals surface area contributed by atoms with Crippen LogP contribution in [0.15, 0.2) is 0 Å². The number of rotatable bonds is 15. The zero-order valence-electron chi connectivity index (χ0n) is 16.8. The second-order valence-corrected chi connectivity index (χ2v) is 8.75. The topological polar surface area (TPSA) is 94.8 Å². The van der Waals surface area contributed by atoms with Gasteiger partial charge in [0.15, 0.2) is 6.10 Å². The molecule has 0 aromatic carbocycles. The van der Waals surface area contributed by atoms with Crippen molar-refractivity contribution in [3.8, 4) is 0 Å². The largest absolute Gasteiger partial charge is 0.479 e. The van der Waals surface area contributed by atoms with E-state index in [2.05, 4.69) is 0 Å². The molecule has 26 heavy (non-hydrogen) atoms. The molecule has 0 aliphatic carbocycles. The van der Waals surface area contributed by atoms with Crippen LogP contribution in [0, 0.1) is 10.8 Å². The molecule has 0 aromatic rings. The highest BCUT2D eigenvalue weighted by Crippen LogP contribution is 2.31. The molecule has 0 aromatic heterocycles. The Morgan fingerprint density at radius 1 is 0.731 bits per heavy atom. The molecular formula is C20H37FO5. The Hall–Kier alpha value is -1.17. The van der Waals surface area contributed by atoms with Gasteiger partial charge in [0.05, 0.1) is 0 Å².